The number of ether oxygens (including phenoxy) is 1. The van der Waals surface area contributed by atoms with Crippen LogP contribution in [-0.2, 0) is 0 Å². The Hall–Kier alpha value is -4.21. The number of hydrogen-bond donors (Lipinski definition) is 0. The van der Waals surface area contributed by atoms with Crippen molar-refractivity contribution in [3.63, 3.8) is 0 Å². The van der Waals surface area contributed by atoms with E-state index in [1.807, 2.05) is 104 Å². The van der Waals surface area contributed by atoms with Gasteiger partial charge in [0.05, 0.1) is 28.1 Å². The Labute approximate surface area is 202 Å². The highest BCUT2D eigenvalue weighted by Gasteiger charge is 2.16. The quantitative estimate of drug-likeness (QED) is 0.257. The number of hydrogen-bond acceptors (Lipinski definition) is 5. The molecule has 0 N–H and O–H groups in total. The Bertz CT molecular complexity index is 1510. The summed E-state index contributed by atoms with van der Waals surface area (Å²) in [5, 5.41) is 15.6. The number of fused-ring (bicyclic) bond motifs is 1. The maximum Gasteiger partial charge on any atom is 0.135 e. The molecule has 0 radical (unpaired) electrons. The minimum atomic E-state index is 0.513. The highest BCUT2D eigenvalue weighted by atomic mass is 32.1. The molecule has 5 nitrogen and oxygen atoms in total. The van der Waals surface area contributed by atoms with Crippen molar-refractivity contribution in [2.24, 2.45) is 0 Å². The molecule has 2 heterocycles. The molecular formula is C28H22N4OS. The summed E-state index contributed by atoms with van der Waals surface area (Å²) in [5.74, 6) is 0.829. The third-order valence-electron chi connectivity index (χ3n) is 5.47. The lowest BCUT2D eigenvalue weighted by Gasteiger charge is -2.08. The predicted molar refractivity (Wildman–Crippen MR) is 138 cm³/mol. The van der Waals surface area contributed by atoms with Crippen LogP contribution in [0.25, 0.3) is 38.8 Å². The zero-order chi connectivity index (χ0) is 23.5. The molecule has 3 aromatic carbocycles. The zero-order valence-electron chi connectivity index (χ0n) is 18.9. The number of benzene rings is 3. The van der Waals surface area contributed by atoms with Crippen LogP contribution in [0.15, 0.2) is 79.0 Å². The van der Waals surface area contributed by atoms with Crippen LogP contribution >= 0.6 is 11.3 Å². The van der Waals surface area contributed by atoms with Gasteiger partial charge in [0.2, 0.25) is 0 Å². The Kier molecular flexibility index (Phi) is 5.94. The van der Waals surface area contributed by atoms with Crippen molar-refractivity contribution < 1.29 is 4.74 Å². The molecular weight excluding hydrogens is 440 g/mol. The van der Waals surface area contributed by atoms with E-state index in [1.165, 1.54) is 11.3 Å². The van der Waals surface area contributed by atoms with Crippen LogP contribution in [0.2, 0.25) is 0 Å². The average molecular weight is 463 g/mol. The van der Waals surface area contributed by atoms with Crippen molar-refractivity contribution in [1.82, 2.24) is 14.8 Å². The van der Waals surface area contributed by atoms with Crippen molar-refractivity contribution in [3.05, 3.63) is 95.1 Å². The second-order valence-electron chi connectivity index (χ2n) is 7.78. The topological polar surface area (TPSA) is 63.7 Å². The van der Waals surface area contributed by atoms with Gasteiger partial charge < -0.3 is 4.74 Å². The first kappa shape index (κ1) is 21.6. The fraction of sp³-hybridized carbons (Fsp3) is 0.107. The molecule has 0 aliphatic carbocycles. The van der Waals surface area contributed by atoms with Crippen LogP contribution in [0, 0.1) is 18.3 Å². The number of aryl methyl sites for hydroxylation is 1. The van der Waals surface area contributed by atoms with Crippen molar-refractivity contribution in [3.8, 4) is 28.8 Å². The number of nitrogens with zero attached hydrogens (tertiary/aromatic N) is 4. The molecule has 166 valence electrons. The summed E-state index contributed by atoms with van der Waals surface area (Å²) in [4.78, 5) is 4.68. The molecule has 0 amide bonds. The van der Waals surface area contributed by atoms with Gasteiger partial charge in [-0.15, -0.1) is 11.3 Å². The van der Waals surface area contributed by atoms with Gasteiger partial charge >= 0.3 is 0 Å². The minimum Gasteiger partial charge on any atom is -0.494 e. The summed E-state index contributed by atoms with van der Waals surface area (Å²) in [6.07, 6.45) is 3.85. The average Bonchev–Trinajstić information content (AvgIpc) is 3.48. The number of allylic oxidation sites excluding steroid dienone is 1. The van der Waals surface area contributed by atoms with Crippen LogP contribution in [0.4, 0.5) is 0 Å². The number of rotatable bonds is 6. The van der Waals surface area contributed by atoms with Gasteiger partial charge in [-0.1, -0.05) is 30.3 Å². The standard InChI is InChI=1S/C28H22N4OS/c1-3-33-23-13-14-24(19(2)15-23)27-21(18-32(31-27)22-9-5-4-6-10-22)16-20(17-29)28-30-25-11-7-8-12-26(25)34-28/h4-16,18H,3H2,1-2H3/b20-16+. The summed E-state index contributed by atoms with van der Waals surface area (Å²) in [5.41, 5.74) is 6.06. The lowest BCUT2D eigenvalue weighted by molar-refractivity contribution is 0.340. The van der Waals surface area contributed by atoms with Crippen LogP contribution in [0.3, 0.4) is 0 Å². The third kappa shape index (κ3) is 4.21. The first-order valence-corrected chi connectivity index (χ1v) is 11.8. The summed E-state index contributed by atoms with van der Waals surface area (Å²) < 4.78 is 8.57. The summed E-state index contributed by atoms with van der Waals surface area (Å²) in [6.45, 7) is 4.63. The smallest absolute Gasteiger partial charge is 0.135 e. The van der Waals surface area contributed by atoms with Crippen LogP contribution in [0.1, 0.15) is 23.1 Å². The van der Waals surface area contributed by atoms with Crippen molar-refractivity contribution >= 4 is 33.2 Å². The van der Waals surface area contributed by atoms with Gasteiger partial charge in [-0.2, -0.15) is 10.4 Å². The van der Waals surface area contributed by atoms with E-state index in [0.29, 0.717) is 17.2 Å². The molecule has 0 aliphatic heterocycles. The molecule has 2 aromatic heterocycles. The van der Waals surface area contributed by atoms with Crippen LogP contribution < -0.4 is 4.74 Å². The van der Waals surface area contributed by atoms with Gasteiger partial charge in [0, 0.05) is 17.3 Å². The Morgan fingerprint density at radius 2 is 1.88 bits per heavy atom. The molecule has 0 unspecified atom stereocenters. The van der Waals surface area contributed by atoms with E-state index in [1.54, 1.807) is 0 Å². The minimum absolute atomic E-state index is 0.513. The molecule has 0 atom stereocenters. The van der Waals surface area contributed by atoms with E-state index in [2.05, 4.69) is 11.1 Å². The van der Waals surface area contributed by atoms with Crippen LogP contribution in [-0.4, -0.2) is 21.4 Å². The second-order valence-corrected chi connectivity index (χ2v) is 8.81. The number of aromatic nitrogens is 3. The van der Waals surface area contributed by atoms with E-state index < -0.39 is 0 Å². The summed E-state index contributed by atoms with van der Waals surface area (Å²) >= 11 is 1.52. The molecule has 34 heavy (non-hydrogen) atoms. The zero-order valence-corrected chi connectivity index (χ0v) is 19.7. The lowest BCUT2D eigenvalue weighted by Crippen LogP contribution is -1.95. The molecule has 0 saturated carbocycles. The molecule has 0 aliphatic rings. The lowest BCUT2D eigenvalue weighted by atomic mass is 10.0. The van der Waals surface area contributed by atoms with Gasteiger partial charge in [-0.3, -0.25) is 0 Å². The SMILES string of the molecule is CCOc1ccc(-c2nn(-c3ccccc3)cc2/C=C(\C#N)c2nc3ccccc3s2)c(C)c1. The van der Waals surface area contributed by atoms with Gasteiger partial charge in [0.15, 0.2) is 0 Å². The maximum atomic E-state index is 10.0. The largest absolute Gasteiger partial charge is 0.494 e. The number of thiazole rings is 1. The van der Waals surface area contributed by atoms with E-state index >= 15 is 0 Å². The Morgan fingerprint density at radius 3 is 2.62 bits per heavy atom. The van der Waals surface area contributed by atoms with Gasteiger partial charge in [-0.25, -0.2) is 9.67 Å². The van der Waals surface area contributed by atoms with E-state index in [0.717, 1.165) is 44.0 Å². The predicted octanol–water partition coefficient (Wildman–Crippen LogP) is 6.92. The highest BCUT2D eigenvalue weighted by Crippen LogP contribution is 2.33. The molecule has 5 aromatic rings. The maximum absolute atomic E-state index is 10.0. The monoisotopic (exact) mass is 462 g/mol. The second kappa shape index (κ2) is 9.34. The summed E-state index contributed by atoms with van der Waals surface area (Å²) in [6, 6.07) is 26.2. The highest BCUT2D eigenvalue weighted by molar-refractivity contribution is 7.19. The Balaban J connectivity index is 1.66. The number of para-hydroxylation sites is 2. The molecule has 0 bridgehead atoms. The fourth-order valence-electron chi connectivity index (χ4n) is 3.86. The molecule has 5 rings (SSSR count). The van der Waals surface area contributed by atoms with Gasteiger partial charge in [0.25, 0.3) is 0 Å². The first-order chi connectivity index (χ1) is 16.7. The summed E-state index contributed by atoms with van der Waals surface area (Å²) in [7, 11) is 0. The van der Waals surface area contributed by atoms with E-state index in [-0.39, 0.29) is 0 Å². The van der Waals surface area contributed by atoms with Gasteiger partial charge in [0.1, 0.15) is 22.5 Å². The van der Waals surface area contributed by atoms with E-state index in [4.69, 9.17) is 9.84 Å². The molecule has 0 fully saturated rings. The van der Waals surface area contributed by atoms with Crippen molar-refractivity contribution in [2.75, 3.05) is 6.61 Å². The van der Waals surface area contributed by atoms with E-state index in [9.17, 15) is 5.26 Å². The normalized spacial score (nSPS) is 11.5. The third-order valence-corrected chi connectivity index (χ3v) is 6.54. The van der Waals surface area contributed by atoms with Crippen molar-refractivity contribution in [2.45, 2.75) is 13.8 Å². The molecule has 0 saturated heterocycles. The number of nitriles is 1. The van der Waals surface area contributed by atoms with Crippen LogP contribution in [0.5, 0.6) is 5.75 Å². The fourth-order valence-corrected chi connectivity index (χ4v) is 4.79. The van der Waals surface area contributed by atoms with Gasteiger partial charge in [-0.05, 0) is 68.0 Å². The first-order valence-electron chi connectivity index (χ1n) is 11.0. The van der Waals surface area contributed by atoms with Crippen molar-refractivity contribution in [1.29, 1.82) is 5.26 Å². The molecule has 0 spiro atoms. The molecule has 6 heteroatoms. The Morgan fingerprint density at radius 1 is 1.09 bits per heavy atom.